The van der Waals surface area contributed by atoms with Crippen molar-refractivity contribution in [3.8, 4) is 11.3 Å². The van der Waals surface area contributed by atoms with Crippen LogP contribution in [0.2, 0.25) is 0 Å². The normalized spacial score (nSPS) is 14.9. The third-order valence-electron chi connectivity index (χ3n) is 7.39. The van der Waals surface area contributed by atoms with Gasteiger partial charge >= 0.3 is 11.9 Å². The summed E-state index contributed by atoms with van der Waals surface area (Å²) in [6, 6.07) is 18.0. The highest BCUT2D eigenvalue weighted by Crippen LogP contribution is 2.33. The third kappa shape index (κ3) is 6.24. The van der Waals surface area contributed by atoms with Crippen LogP contribution in [0.15, 0.2) is 86.1 Å². The number of aromatic nitrogens is 1. The minimum atomic E-state index is -0.666. The van der Waals surface area contributed by atoms with Gasteiger partial charge in [0.15, 0.2) is 4.80 Å². The molecule has 0 saturated heterocycles. The van der Waals surface area contributed by atoms with Crippen molar-refractivity contribution >= 4 is 29.4 Å². The Bertz CT molecular complexity index is 1870. The molecule has 9 heteroatoms. The Labute approximate surface area is 260 Å². The van der Waals surface area contributed by atoms with Gasteiger partial charge in [-0.1, -0.05) is 74.9 Å². The fourth-order valence-electron chi connectivity index (χ4n) is 5.20. The number of hydrogen-bond donors (Lipinski definition) is 0. The number of rotatable bonds is 10. The van der Waals surface area contributed by atoms with Crippen LogP contribution in [0.5, 0.6) is 0 Å². The quantitative estimate of drug-likeness (QED) is 0.200. The van der Waals surface area contributed by atoms with Crippen LogP contribution in [-0.4, -0.2) is 29.7 Å². The molecule has 44 heavy (non-hydrogen) atoms. The van der Waals surface area contributed by atoms with Crippen LogP contribution in [0.1, 0.15) is 86.7 Å². The first-order valence-electron chi connectivity index (χ1n) is 14.9. The van der Waals surface area contributed by atoms with Crippen LogP contribution < -0.4 is 14.9 Å². The van der Waals surface area contributed by atoms with Crippen molar-refractivity contribution < 1.29 is 23.5 Å². The smallest absolute Gasteiger partial charge is 0.338 e. The Morgan fingerprint density at radius 3 is 2.27 bits per heavy atom. The summed E-state index contributed by atoms with van der Waals surface area (Å²) in [7, 11) is 0. The van der Waals surface area contributed by atoms with E-state index in [1.54, 1.807) is 54.8 Å². The summed E-state index contributed by atoms with van der Waals surface area (Å²) >= 11 is 1.27. The molecule has 0 radical (unpaired) electrons. The fourth-order valence-corrected chi connectivity index (χ4v) is 6.20. The van der Waals surface area contributed by atoms with Crippen LogP contribution in [0.4, 0.5) is 0 Å². The van der Waals surface area contributed by atoms with Gasteiger partial charge in [0, 0.05) is 11.6 Å². The number of furan rings is 1. The molecule has 0 bridgehead atoms. The van der Waals surface area contributed by atoms with E-state index in [-0.39, 0.29) is 18.1 Å². The number of hydrogen-bond acceptors (Lipinski definition) is 8. The van der Waals surface area contributed by atoms with Gasteiger partial charge in [-0.2, -0.15) is 0 Å². The second-order valence-corrected chi connectivity index (χ2v) is 11.7. The maximum Gasteiger partial charge on any atom is 0.338 e. The maximum absolute atomic E-state index is 14.0. The molecule has 2 aromatic heterocycles. The first-order chi connectivity index (χ1) is 21.2. The molecule has 0 N–H and O–H groups in total. The molecular weight excluding hydrogens is 576 g/mol. The largest absolute Gasteiger partial charge is 0.463 e. The van der Waals surface area contributed by atoms with Crippen molar-refractivity contribution in [2.45, 2.75) is 59.4 Å². The van der Waals surface area contributed by atoms with E-state index in [4.69, 9.17) is 18.9 Å². The molecule has 0 aliphatic carbocycles. The number of benzene rings is 2. The van der Waals surface area contributed by atoms with Gasteiger partial charge in [-0.05, 0) is 61.6 Å². The predicted molar refractivity (Wildman–Crippen MR) is 170 cm³/mol. The molecule has 1 atom stereocenters. The first-order valence-corrected chi connectivity index (χ1v) is 15.8. The number of fused-ring (bicyclic) bond motifs is 1. The van der Waals surface area contributed by atoms with Crippen molar-refractivity contribution in [1.29, 1.82) is 0 Å². The number of ether oxygens (including phenoxy) is 2. The van der Waals surface area contributed by atoms with Gasteiger partial charge in [-0.3, -0.25) is 9.36 Å². The molecular formula is C35H36N2O6S. The highest BCUT2D eigenvalue weighted by atomic mass is 32.1. The first kappa shape index (κ1) is 30.9. The summed E-state index contributed by atoms with van der Waals surface area (Å²) in [5.74, 6) is 0.595. The second-order valence-electron chi connectivity index (χ2n) is 10.7. The summed E-state index contributed by atoms with van der Waals surface area (Å²) in [6.45, 7) is 10.3. The molecule has 1 aliphatic rings. The number of nitrogens with zero attached hydrogens (tertiary/aromatic N) is 2. The molecule has 8 nitrogen and oxygen atoms in total. The van der Waals surface area contributed by atoms with Gasteiger partial charge in [-0.15, -0.1) is 0 Å². The van der Waals surface area contributed by atoms with Crippen molar-refractivity contribution in [2.24, 2.45) is 4.99 Å². The lowest BCUT2D eigenvalue weighted by molar-refractivity contribution is -0.139. The van der Waals surface area contributed by atoms with E-state index in [2.05, 4.69) is 13.8 Å². The van der Waals surface area contributed by atoms with Gasteiger partial charge in [0.2, 0.25) is 0 Å². The fraction of sp³-hybridized carbons (Fsp3) is 0.314. The van der Waals surface area contributed by atoms with Gasteiger partial charge in [-0.25, -0.2) is 14.6 Å². The van der Waals surface area contributed by atoms with Crippen molar-refractivity contribution in [3.05, 3.63) is 114 Å². The van der Waals surface area contributed by atoms with E-state index < -0.39 is 12.0 Å². The molecule has 0 spiro atoms. The van der Waals surface area contributed by atoms with E-state index in [1.807, 2.05) is 37.3 Å². The third-order valence-corrected chi connectivity index (χ3v) is 8.37. The zero-order chi connectivity index (χ0) is 31.4. The Kier molecular flexibility index (Phi) is 9.44. The monoisotopic (exact) mass is 612 g/mol. The summed E-state index contributed by atoms with van der Waals surface area (Å²) in [5, 5.41) is 0. The SMILES string of the molecule is CCCC1=C(C(=O)OCC)C(c2ccc(C(C)C)cc2)n2c(s/c(=C\c3ccc(-c4ccc(C(=O)OCC)cc4)o3)c2=O)=N1. The van der Waals surface area contributed by atoms with Gasteiger partial charge in [0.1, 0.15) is 11.5 Å². The van der Waals surface area contributed by atoms with Crippen LogP contribution >= 0.6 is 11.3 Å². The van der Waals surface area contributed by atoms with Crippen molar-refractivity contribution in [2.75, 3.05) is 13.2 Å². The predicted octanol–water partition coefficient (Wildman–Crippen LogP) is 6.14. The molecule has 0 fully saturated rings. The minimum Gasteiger partial charge on any atom is -0.463 e. The second kappa shape index (κ2) is 13.4. The summed E-state index contributed by atoms with van der Waals surface area (Å²) in [4.78, 5) is 44.8. The summed E-state index contributed by atoms with van der Waals surface area (Å²) in [5.41, 5.74) is 4.01. The molecule has 0 amide bonds. The molecule has 4 aromatic rings. The van der Waals surface area contributed by atoms with Gasteiger partial charge in [0.05, 0.1) is 40.6 Å². The maximum atomic E-state index is 14.0. The highest BCUT2D eigenvalue weighted by Gasteiger charge is 2.34. The van der Waals surface area contributed by atoms with Crippen LogP contribution in [0.25, 0.3) is 17.4 Å². The summed E-state index contributed by atoms with van der Waals surface area (Å²) < 4.78 is 18.7. The highest BCUT2D eigenvalue weighted by molar-refractivity contribution is 7.07. The van der Waals surface area contributed by atoms with E-state index in [9.17, 15) is 14.4 Å². The molecule has 3 heterocycles. The van der Waals surface area contributed by atoms with E-state index in [0.717, 1.165) is 17.5 Å². The lowest BCUT2D eigenvalue weighted by Gasteiger charge is -2.26. The van der Waals surface area contributed by atoms with E-state index >= 15 is 0 Å². The van der Waals surface area contributed by atoms with E-state index in [0.29, 0.717) is 56.6 Å². The average Bonchev–Trinajstić information content (AvgIpc) is 3.61. The molecule has 2 aromatic carbocycles. The number of thiazole rings is 1. The van der Waals surface area contributed by atoms with Gasteiger partial charge < -0.3 is 13.9 Å². The van der Waals surface area contributed by atoms with Crippen molar-refractivity contribution in [3.63, 3.8) is 0 Å². The molecule has 5 rings (SSSR count). The topological polar surface area (TPSA) is 100 Å². The molecule has 1 aliphatic heterocycles. The number of carbonyl (C=O) groups excluding carboxylic acids is 2. The Morgan fingerprint density at radius 2 is 1.64 bits per heavy atom. The average molecular weight is 613 g/mol. The van der Waals surface area contributed by atoms with Crippen molar-refractivity contribution in [1.82, 2.24) is 4.57 Å². The minimum absolute atomic E-state index is 0.220. The number of allylic oxidation sites excluding steroid dienone is 1. The number of carbonyl (C=O) groups is 2. The van der Waals surface area contributed by atoms with E-state index in [1.165, 1.54) is 16.9 Å². The molecule has 1 unspecified atom stereocenters. The Balaban J connectivity index is 1.58. The van der Waals surface area contributed by atoms with Gasteiger partial charge in [0.25, 0.3) is 5.56 Å². The zero-order valence-corrected chi connectivity index (χ0v) is 26.4. The lowest BCUT2D eigenvalue weighted by atomic mass is 9.92. The number of esters is 2. The molecule has 0 saturated carbocycles. The van der Waals surface area contributed by atoms with Crippen LogP contribution in [0, 0.1) is 0 Å². The summed E-state index contributed by atoms with van der Waals surface area (Å²) in [6.07, 6.45) is 3.06. The lowest BCUT2D eigenvalue weighted by Crippen LogP contribution is -2.40. The standard InChI is InChI=1S/C35H36N2O6S/c1-6-9-27-30(34(40)42-8-3)31(24-14-10-22(11-15-24)21(4)5)37-32(38)29(44-35(37)36-27)20-26-18-19-28(43-26)23-12-16-25(17-13-23)33(39)41-7-2/h10-21,31H,6-9H2,1-5H3/b29-20-. The Hall–Kier alpha value is -4.50. The van der Waals surface area contributed by atoms with Crippen LogP contribution in [-0.2, 0) is 14.3 Å². The van der Waals surface area contributed by atoms with Crippen LogP contribution in [0.3, 0.4) is 0 Å². The molecule has 228 valence electrons. The Morgan fingerprint density at radius 1 is 0.955 bits per heavy atom. The zero-order valence-electron chi connectivity index (χ0n) is 25.6.